The summed E-state index contributed by atoms with van der Waals surface area (Å²) in [7, 11) is 1.61. The number of carbonyl (C=O) groups is 2. The molecule has 3 N–H and O–H groups in total. The molecule has 2 aliphatic heterocycles. The third kappa shape index (κ3) is 4.68. The van der Waals surface area contributed by atoms with E-state index in [1.54, 1.807) is 18.1 Å². The molecule has 2 fully saturated rings. The summed E-state index contributed by atoms with van der Waals surface area (Å²) in [5, 5.41) is 2.93. The molecule has 0 radical (unpaired) electrons. The minimum Gasteiger partial charge on any atom is -0.497 e. The van der Waals surface area contributed by atoms with E-state index >= 15 is 0 Å². The number of nitrogens with one attached hydrogen (secondary N) is 1. The number of nitrogens with zero attached hydrogens (tertiary/aromatic N) is 3. The normalized spacial score (nSPS) is 16.4. The van der Waals surface area contributed by atoms with Crippen LogP contribution in [0.1, 0.15) is 23.2 Å². The second kappa shape index (κ2) is 9.16. The van der Waals surface area contributed by atoms with Gasteiger partial charge in [0.2, 0.25) is 0 Å². The molecular weight excluding hydrogens is 394 g/mol. The maximum atomic E-state index is 13.0. The van der Waals surface area contributed by atoms with E-state index < -0.39 is 0 Å². The van der Waals surface area contributed by atoms with E-state index in [1.165, 1.54) is 0 Å². The highest BCUT2D eigenvalue weighted by Crippen LogP contribution is 2.27. The first-order chi connectivity index (χ1) is 15.0. The number of carbonyl (C=O) groups excluding carboxylic acids is 2. The number of anilines is 3. The molecule has 31 heavy (non-hydrogen) atoms. The molecule has 2 aromatic carbocycles. The number of amides is 3. The van der Waals surface area contributed by atoms with E-state index in [9.17, 15) is 9.59 Å². The van der Waals surface area contributed by atoms with E-state index in [1.807, 2.05) is 41.3 Å². The topological polar surface area (TPSA) is 91.1 Å². The molecule has 2 saturated heterocycles. The van der Waals surface area contributed by atoms with Crippen LogP contribution in [0.15, 0.2) is 42.5 Å². The standard InChI is InChI=1S/C23H29N5O3/c1-31-19-7-5-18(6-8-19)25-23(30)28-14-12-26(13-15-28)21-9-4-17(24)16-20(21)22(29)27-10-2-3-11-27/h4-9,16H,2-3,10-15,24H2,1H3,(H,25,30). The zero-order valence-corrected chi connectivity index (χ0v) is 17.8. The summed E-state index contributed by atoms with van der Waals surface area (Å²) in [6.07, 6.45) is 2.09. The average Bonchev–Trinajstić information content (AvgIpc) is 3.34. The number of ether oxygens (including phenoxy) is 1. The van der Waals surface area contributed by atoms with Crippen molar-refractivity contribution in [2.45, 2.75) is 12.8 Å². The summed E-state index contributed by atoms with van der Waals surface area (Å²) in [6.45, 7) is 4.05. The number of nitrogen functional groups attached to an aromatic ring is 1. The van der Waals surface area contributed by atoms with E-state index in [2.05, 4.69) is 10.2 Å². The van der Waals surface area contributed by atoms with Crippen LogP contribution in [0.5, 0.6) is 5.75 Å². The molecule has 2 aliphatic rings. The molecule has 0 saturated carbocycles. The third-order valence-electron chi connectivity index (χ3n) is 5.89. The Balaban J connectivity index is 1.40. The first-order valence-electron chi connectivity index (χ1n) is 10.7. The number of methoxy groups -OCH3 is 1. The van der Waals surface area contributed by atoms with Gasteiger partial charge in [0.05, 0.1) is 12.7 Å². The summed E-state index contributed by atoms with van der Waals surface area (Å²) >= 11 is 0. The fourth-order valence-corrected chi connectivity index (χ4v) is 4.12. The molecule has 8 nitrogen and oxygen atoms in total. The Morgan fingerprint density at radius 3 is 2.23 bits per heavy atom. The fraction of sp³-hybridized carbons (Fsp3) is 0.391. The van der Waals surface area contributed by atoms with Gasteiger partial charge in [-0.05, 0) is 55.3 Å². The van der Waals surface area contributed by atoms with Crippen LogP contribution in [0.2, 0.25) is 0 Å². The lowest BCUT2D eigenvalue weighted by Crippen LogP contribution is -2.50. The van der Waals surface area contributed by atoms with Gasteiger partial charge >= 0.3 is 6.03 Å². The predicted octanol–water partition coefficient (Wildman–Crippen LogP) is 2.87. The highest BCUT2D eigenvalue weighted by molar-refractivity contribution is 6.01. The third-order valence-corrected chi connectivity index (χ3v) is 5.89. The lowest BCUT2D eigenvalue weighted by molar-refractivity contribution is 0.0793. The Morgan fingerprint density at radius 1 is 0.903 bits per heavy atom. The summed E-state index contributed by atoms with van der Waals surface area (Å²) < 4.78 is 5.15. The Hall–Kier alpha value is -3.42. The molecular formula is C23H29N5O3. The maximum Gasteiger partial charge on any atom is 0.321 e. The van der Waals surface area contributed by atoms with Crippen molar-refractivity contribution in [1.29, 1.82) is 0 Å². The van der Waals surface area contributed by atoms with Crippen LogP contribution < -0.4 is 20.7 Å². The minimum atomic E-state index is -0.129. The first-order valence-corrected chi connectivity index (χ1v) is 10.7. The molecule has 4 rings (SSSR count). The van der Waals surface area contributed by atoms with Gasteiger partial charge in [-0.25, -0.2) is 4.79 Å². The molecule has 3 amide bonds. The molecule has 0 aromatic heterocycles. The molecule has 0 bridgehead atoms. The van der Waals surface area contributed by atoms with Crippen LogP contribution in [0, 0.1) is 0 Å². The van der Waals surface area contributed by atoms with Crippen LogP contribution in [-0.4, -0.2) is 68.1 Å². The van der Waals surface area contributed by atoms with Crippen molar-refractivity contribution in [3.63, 3.8) is 0 Å². The lowest BCUT2D eigenvalue weighted by Gasteiger charge is -2.37. The number of hydrogen-bond acceptors (Lipinski definition) is 5. The zero-order chi connectivity index (χ0) is 21.8. The molecule has 164 valence electrons. The van der Waals surface area contributed by atoms with E-state index in [-0.39, 0.29) is 11.9 Å². The van der Waals surface area contributed by atoms with Crippen molar-refractivity contribution in [2.75, 3.05) is 62.3 Å². The molecule has 0 aliphatic carbocycles. The van der Waals surface area contributed by atoms with Crippen molar-refractivity contribution in [1.82, 2.24) is 9.80 Å². The average molecular weight is 424 g/mol. The van der Waals surface area contributed by atoms with Gasteiger partial charge in [-0.15, -0.1) is 0 Å². The molecule has 0 atom stereocenters. The summed E-state index contributed by atoms with van der Waals surface area (Å²) in [5.74, 6) is 0.786. The van der Waals surface area contributed by atoms with Gasteiger partial charge < -0.3 is 30.5 Å². The van der Waals surface area contributed by atoms with Crippen molar-refractivity contribution in [3.8, 4) is 5.75 Å². The van der Waals surface area contributed by atoms with Crippen LogP contribution >= 0.6 is 0 Å². The van der Waals surface area contributed by atoms with Crippen molar-refractivity contribution in [2.24, 2.45) is 0 Å². The monoisotopic (exact) mass is 423 g/mol. The van der Waals surface area contributed by atoms with Gasteiger partial charge in [-0.1, -0.05) is 0 Å². The van der Waals surface area contributed by atoms with Crippen LogP contribution in [-0.2, 0) is 0 Å². The zero-order valence-electron chi connectivity index (χ0n) is 17.8. The maximum absolute atomic E-state index is 13.0. The van der Waals surface area contributed by atoms with E-state index in [0.29, 0.717) is 37.4 Å². The fourth-order valence-electron chi connectivity index (χ4n) is 4.12. The highest BCUT2D eigenvalue weighted by Gasteiger charge is 2.27. The van der Waals surface area contributed by atoms with Gasteiger partial charge in [-0.2, -0.15) is 0 Å². The van der Waals surface area contributed by atoms with Crippen molar-refractivity contribution < 1.29 is 14.3 Å². The smallest absolute Gasteiger partial charge is 0.321 e. The minimum absolute atomic E-state index is 0.0412. The Kier molecular flexibility index (Phi) is 6.16. The predicted molar refractivity (Wildman–Crippen MR) is 122 cm³/mol. The van der Waals surface area contributed by atoms with Gasteiger partial charge in [0, 0.05) is 56.3 Å². The first kappa shape index (κ1) is 20.8. The molecule has 2 aromatic rings. The highest BCUT2D eigenvalue weighted by atomic mass is 16.5. The Morgan fingerprint density at radius 2 is 1.58 bits per heavy atom. The van der Waals surface area contributed by atoms with Gasteiger partial charge in [0.25, 0.3) is 5.91 Å². The molecule has 0 unspecified atom stereocenters. The number of likely N-dealkylation sites (tertiary alicyclic amines) is 1. The number of piperazine rings is 1. The van der Waals surface area contributed by atoms with Gasteiger partial charge in [-0.3, -0.25) is 4.79 Å². The van der Waals surface area contributed by atoms with Gasteiger partial charge in [0.15, 0.2) is 0 Å². The second-order valence-electron chi connectivity index (χ2n) is 7.91. The number of urea groups is 1. The van der Waals surface area contributed by atoms with E-state index in [0.717, 1.165) is 43.1 Å². The summed E-state index contributed by atoms with van der Waals surface area (Å²) in [6, 6.07) is 12.7. The van der Waals surface area contributed by atoms with Gasteiger partial charge in [0.1, 0.15) is 5.75 Å². The quantitative estimate of drug-likeness (QED) is 0.738. The number of hydrogen-bond donors (Lipinski definition) is 2. The molecule has 8 heteroatoms. The largest absolute Gasteiger partial charge is 0.497 e. The Bertz CT molecular complexity index is 933. The molecule has 2 heterocycles. The Labute approximate surface area is 182 Å². The van der Waals surface area contributed by atoms with Crippen molar-refractivity contribution >= 4 is 29.0 Å². The number of nitrogens with two attached hydrogens (primary N) is 1. The van der Waals surface area contributed by atoms with Crippen LogP contribution in [0.3, 0.4) is 0 Å². The summed E-state index contributed by atoms with van der Waals surface area (Å²) in [4.78, 5) is 31.5. The van der Waals surface area contributed by atoms with Crippen LogP contribution in [0.4, 0.5) is 21.9 Å². The van der Waals surface area contributed by atoms with E-state index in [4.69, 9.17) is 10.5 Å². The summed E-state index contributed by atoms with van der Waals surface area (Å²) in [5.41, 5.74) is 8.84. The second-order valence-corrected chi connectivity index (χ2v) is 7.91. The van der Waals surface area contributed by atoms with Crippen LogP contribution in [0.25, 0.3) is 0 Å². The number of benzene rings is 2. The number of rotatable bonds is 4. The lowest BCUT2D eigenvalue weighted by atomic mass is 10.1. The SMILES string of the molecule is COc1ccc(NC(=O)N2CCN(c3ccc(N)cc3C(=O)N3CCCC3)CC2)cc1. The van der Waals surface area contributed by atoms with Crippen molar-refractivity contribution in [3.05, 3.63) is 48.0 Å². The molecule has 0 spiro atoms.